The lowest BCUT2D eigenvalue weighted by Gasteiger charge is -2.29. The summed E-state index contributed by atoms with van der Waals surface area (Å²) in [5.41, 5.74) is 3.19. The Morgan fingerprint density at radius 3 is 2.50 bits per heavy atom. The zero-order chi connectivity index (χ0) is 16.5. The van der Waals surface area contributed by atoms with Crippen molar-refractivity contribution >= 4 is 0 Å². The van der Waals surface area contributed by atoms with Gasteiger partial charge in [-0.25, -0.2) is 0 Å². The minimum Gasteiger partial charge on any atom is -0.392 e. The molecule has 1 aromatic carbocycles. The minimum absolute atomic E-state index is 0.0671. The van der Waals surface area contributed by atoms with E-state index >= 15 is 0 Å². The second-order valence-electron chi connectivity index (χ2n) is 5.93. The molecule has 2 N–H and O–H groups in total. The van der Waals surface area contributed by atoms with Gasteiger partial charge in [0.05, 0.1) is 6.61 Å². The fraction of sp³-hybridized carbons (Fsp3) is 0.400. The monoisotopic (exact) mass is 299 g/mol. The molecule has 0 amide bonds. The first-order valence-electron chi connectivity index (χ1n) is 7.94. The Kier molecular flexibility index (Phi) is 7.86. The lowest BCUT2D eigenvalue weighted by atomic mass is 9.91. The molecular formula is C20H29NO. The van der Waals surface area contributed by atoms with Gasteiger partial charge in [0.1, 0.15) is 0 Å². The van der Waals surface area contributed by atoms with Gasteiger partial charge in [-0.3, -0.25) is 0 Å². The molecule has 2 nitrogen and oxygen atoms in total. The fourth-order valence-corrected chi connectivity index (χ4v) is 2.43. The van der Waals surface area contributed by atoms with Crippen molar-refractivity contribution in [1.29, 1.82) is 0 Å². The first kappa shape index (κ1) is 18.4. The van der Waals surface area contributed by atoms with Crippen LogP contribution in [0.15, 0.2) is 60.7 Å². The molecule has 0 spiro atoms. The number of benzene rings is 1. The normalized spacial score (nSPS) is 14.8. The minimum atomic E-state index is 0.0671. The molecule has 0 saturated heterocycles. The summed E-state index contributed by atoms with van der Waals surface area (Å²) in [5, 5.41) is 13.2. The van der Waals surface area contributed by atoms with Crippen LogP contribution in [-0.4, -0.2) is 11.1 Å². The van der Waals surface area contributed by atoms with Gasteiger partial charge in [0.2, 0.25) is 0 Å². The van der Waals surface area contributed by atoms with E-state index < -0.39 is 0 Å². The van der Waals surface area contributed by atoms with Crippen LogP contribution in [0.1, 0.15) is 44.9 Å². The quantitative estimate of drug-likeness (QED) is 0.691. The molecule has 0 aromatic heterocycles. The van der Waals surface area contributed by atoms with Crippen molar-refractivity contribution in [2.75, 3.05) is 0 Å². The van der Waals surface area contributed by atoms with Crippen molar-refractivity contribution < 1.29 is 5.11 Å². The first-order chi connectivity index (χ1) is 10.5. The Morgan fingerprint density at radius 1 is 1.23 bits per heavy atom. The molecule has 0 aliphatic rings. The van der Waals surface area contributed by atoms with Crippen LogP contribution in [0.5, 0.6) is 0 Å². The van der Waals surface area contributed by atoms with Crippen LogP contribution in [0.2, 0.25) is 0 Å². The highest BCUT2D eigenvalue weighted by Gasteiger charge is 2.20. The van der Waals surface area contributed by atoms with Crippen LogP contribution >= 0.6 is 0 Å². The maximum atomic E-state index is 9.57. The van der Waals surface area contributed by atoms with Gasteiger partial charge < -0.3 is 10.4 Å². The largest absolute Gasteiger partial charge is 0.392 e. The van der Waals surface area contributed by atoms with Crippen molar-refractivity contribution in [2.24, 2.45) is 5.92 Å². The third kappa shape index (κ3) is 5.28. The maximum Gasteiger partial charge on any atom is 0.0685 e. The number of aliphatic hydroxyl groups is 1. The molecule has 0 aliphatic heterocycles. The average molecular weight is 299 g/mol. The van der Waals surface area contributed by atoms with Crippen molar-refractivity contribution in [1.82, 2.24) is 5.32 Å². The molecule has 0 bridgehead atoms. The molecule has 0 radical (unpaired) electrons. The third-order valence-electron chi connectivity index (χ3n) is 3.83. The van der Waals surface area contributed by atoms with Crippen molar-refractivity contribution in [3.05, 3.63) is 71.8 Å². The summed E-state index contributed by atoms with van der Waals surface area (Å²) < 4.78 is 0. The summed E-state index contributed by atoms with van der Waals surface area (Å²) in [7, 11) is 0. The fourth-order valence-electron chi connectivity index (χ4n) is 2.43. The van der Waals surface area contributed by atoms with Gasteiger partial charge in [0.25, 0.3) is 0 Å². The number of hydrogen-bond donors (Lipinski definition) is 2. The Bertz CT molecular complexity index is 528. The lowest BCUT2D eigenvalue weighted by Crippen LogP contribution is -2.34. The Hall–Kier alpha value is -1.64. The molecule has 0 heterocycles. The van der Waals surface area contributed by atoms with Crippen LogP contribution in [0.25, 0.3) is 0 Å². The van der Waals surface area contributed by atoms with E-state index in [-0.39, 0.29) is 18.7 Å². The van der Waals surface area contributed by atoms with E-state index in [2.05, 4.69) is 38.7 Å². The summed E-state index contributed by atoms with van der Waals surface area (Å²) in [4.78, 5) is 0. The molecule has 0 fully saturated rings. The Balaban J connectivity index is 2.91. The molecule has 120 valence electrons. The van der Waals surface area contributed by atoms with Crippen LogP contribution in [0.4, 0.5) is 0 Å². The van der Waals surface area contributed by atoms with Gasteiger partial charge in [-0.05, 0) is 36.5 Å². The van der Waals surface area contributed by atoms with Crippen LogP contribution < -0.4 is 5.32 Å². The van der Waals surface area contributed by atoms with E-state index in [1.165, 1.54) is 0 Å². The predicted molar refractivity (Wildman–Crippen MR) is 95.6 cm³/mol. The molecule has 1 unspecified atom stereocenters. The van der Waals surface area contributed by atoms with Crippen molar-refractivity contribution in [3.63, 3.8) is 0 Å². The molecule has 0 saturated carbocycles. The Morgan fingerprint density at radius 2 is 1.91 bits per heavy atom. The zero-order valence-corrected chi connectivity index (χ0v) is 14.2. The van der Waals surface area contributed by atoms with Crippen molar-refractivity contribution in [2.45, 2.75) is 46.4 Å². The molecule has 2 atom stereocenters. The topological polar surface area (TPSA) is 32.3 Å². The summed E-state index contributed by atoms with van der Waals surface area (Å²) in [6.07, 6.45) is 8.04. The maximum absolute atomic E-state index is 9.57. The molecule has 0 aliphatic carbocycles. The van der Waals surface area contributed by atoms with E-state index in [0.717, 1.165) is 16.7 Å². The molecule has 1 aromatic rings. The van der Waals surface area contributed by atoms with E-state index in [1.54, 1.807) is 0 Å². The van der Waals surface area contributed by atoms with Gasteiger partial charge >= 0.3 is 0 Å². The number of allylic oxidation sites excluding steroid dienone is 3. The second kappa shape index (κ2) is 9.39. The summed E-state index contributed by atoms with van der Waals surface area (Å²) in [5.74, 6) is 0.419. The van der Waals surface area contributed by atoms with Crippen molar-refractivity contribution in [3.8, 4) is 0 Å². The lowest BCUT2D eigenvalue weighted by molar-refractivity contribution is 0.276. The number of rotatable bonds is 8. The van der Waals surface area contributed by atoms with Crippen LogP contribution in [0.3, 0.4) is 0 Å². The Labute approximate surface area is 135 Å². The number of nitrogens with one attached hydrogen (secondary N) is 1. The third-order valence-corrected chi connectivity index (χ3v) is 3.83. The van der Waals surface area contributed by atoms with E-state index in [0.29, 0.717) is 5.92 Å². The SMILES string of the molecule is C=C(/C=C\C=C/C)[C@H](C)NC(c1ccccc1CO)C(C)C. The molecule has 2 heteroatoms. The second-order valence-corrected chi connectivity index (χ2v) is 5.93. The van der Waals surface area contributed by atoms with Gasteiger partial charge in [-0.1, -0.05) is 69.0 Å². The summed E-state index contributed by atoms with van der Waals surface area (Å²) >= 11 is 0. The highest BCUT2D eigenvalue weighted by molar-refractivity contribution is 5.31. The first-order valence-corrected chi connectivity index (χ1v) is 7.94. The number of aliphatic hydroxyl groups excluding tert-OH is 1. The smallest absolute Gasteiger partial charge is 0.0685 e. The van der Waals surface area contributed by atoms with Gasteiger partial charge in [0, 0.05) is 12.1 Å². The van der Waals surface area contributed by atoms with E-state index in [9.17, 15) is 5.11 Å². The summed E-state index contributed by atoms with van der Waals surface area (Å²) in [6.45, 7) is 12.7. The number of hydrogen-bond acceptors (Lipinski definition) is 2. The van der Waals surface area contributed by atoms with E-state index in [1.807, 2.05) is 49.4 Å². The predicted octanol–water partition coefficient (Wildman–Crippen LogP) is 4.54. The highest BCUT2D eigenvalue weighted by atomic mass is 16.3. The van der Waals surface area contributed by atoms with Gasteiger partial charge in [0.15, 0.2) is 0 Å². The standard InChI is InChI=1S/C20H29NO/c1-6-7-8-11-16(4)17(5)21-20(15(2)3)19-13-10-9-12-18(19)14-22/h6-13,15,17,20-22H,4,14H2,1-3,5H3/b7-6-,11-8-/t17-,20?/m0/s1. The highest BCUT2D eigenvalue weighted by Crippen LogP contribution is 2.26. The van der Waals surface area contributed by atoms with Gasteiger partial charge in [-0.15, -0.1) is 0 Å². The van der Waals surface area contributed by atoms with E-state index in [4.69, 9.17) is 0 Å². The molecular weight excluding hydrogens is 270 g/mol. The van der Waals surface area contributed by atoms with Crippen LogP contribution in [0, 0.1) is 5.92 Å². The molecule has 1 rings (SSSR count). The average Bonchev–Trinajstić information content (AvgIpc) is 2.52. The summed E-state index contributed by atoms with van der Waals surface area (Å²) in [6, 6.07) is 8.42. The molecule has 22 heavy (non-hydrogen) atoms. The zero-order valence-electron chi connectivity index (χ0n) is 14.2. The van der Waals surface area contributed by atoms with Crippen LogP contribution in [-0.2, 0) is 6.61 Å². The van der Waals surface area contributed by atoms with Gasteiger partial charge in [-0.2, -0.15) is 0 Å².